The Bertz CT molecular complexity index is 817. The van der Waals surface area contributed by atoms with Crippen molar-refractivity contribution in [3.8, 4) is 11.5 Å². The van der Waals surface area contributed by atoms with Gasteiger partial charge in [0.25, 0.3) is 0 Å². The van der Waals surface area contributed by atoms with Gasteiger partial charge in [-0.3, -0.25) is 9.69 Å². The number of rotatable bonds is 8. The first-order valence-electron chi connectivity index (χ1n) is 10.1. The maximum Gasteiger partial charge on any atom is 0.234 e. The third-order valence-corrected chi connectivity index (χ3v) is 5.29. The summed E-state index contributed by atoms with van der Waals surface area (Å²) >= 11 is 0. The lowest BCUT2D eigenvalue weighted by molar-refractivity contribution is -0.122. The van der Waals surface area contributed by atoms with Gasteiger partial charge in [-0.1, -0.05) is 18.2 Å². The van der Waals surface area contributed by atoms with Crippen molar-refractivity contribution in [2.75, 3.05) is 58.4 Å². The number of methoxy groups -OCH3 is 2. The molecule has 0 radical (unpaired) electrons. The number of anilines is 1. The Morgan fingerprint density at radius 2 is 1.76 bits per heavy atom. The van der Waals surface area contributed by atoms with Gasteiger partial charge >= 0.3 is 0 Å². The zero-order chi connectivity index (χ0) is 20.6. The van der Waals surface area contributed by atoms with Crippen LogP contribution in [-0.4, -0.2) is 64.3 Å². The largest absolute Gasteiger partial charge is 0.493 e. The highest BCUT2D eigenvalue weighted by molar-refractivity contribution is 5.78. The minimum Gasteiger partial charge on any atom is -0.493 e. The Hall–Kier alpha value is -2.73. The van der Waals surface area contributed by atoms with Gasteiger partial charge in [0.2, 0.25) is 5.91 Å². The van der Waals surface area contributed by atoms with E-state index in [2.05, 4.69) is 46.3 Å². The van der Waals surface area contributed by atoms with Crippen LogP contribution in [0.15, 0.2) is 42.5 Å². The van der Waals surface area contributed by atoms with Crippen molar-refractivity contribution in [2.45, 2.75) is 13.3 Å². The van der Waals surface area contributed by atoms with Gasteiger partial charge in [0.15, 0.2) is 11.5 Å². The molecule has 156 valence electrons. The average Bonchev–Trinajstić information content (AvgIpc) is 2.74. The molecule has 6 heteroatoms. The summed E-state index contributed by atoms with van der Waals surface area (Å²) in [6.07, 6.45) is 0.757. The molecule has 3 rings (SSSR count). The van der Waals surface area contributed by atoms with Crippen molar-refractivity contribution in [2.24, 2.45) is 0 Å². The third kappa shape index (κ3) is 5.87. The van der Waals surface area contributed by atoms with Crippen molar-refractivity contribution in [1.82, 2.24) is 10.2 Å². The maximum atomic E-state index is 12.3. The number of piperazine rings is 1. The van der Waals surface area contributed by atoms with Gasteiger partial charge in [-0.25, -0.2) is 0 Å². The predicted octanol–water partition coefficient (Wildman–Crippen LogP) is 2.49. The van der Waals surface area contributed by atoms with Gasteiger partial charge in [0, 0.05) is 38.4 Å². The highest BCUT2D eigenvalue weighted by Gasteiger charge is 2.19. The first kappa shape index (κ1) is 21.0. The Morgan fingerprint density at radius 3 is 2.45 bits per heavy atom. The quantitative estimate of drug-likeness (QED) is 0.742. The van der Waals surface area contributed by atoms with Gasteiger partial charge in [0.05, 0.1) is 20.8 Å². The van der Waals surface area contributed by atoms with Crippen molar-refractivity contribution in [1.29, 1.82) is 0 Å². The van der Waals surface area contributed by atoms with E-state index in [9.17, 15) is 4.79 Å². The number of nitrogens with one attached hydrogen (secondary N) is 1. The summed E-state index contributed by atoms with van der Waals surface area (Å²) < 4.78 is 10.6. The number of hydrogen-bond donors (Lipinski definition) is 1. The Balaban J connectivity index is 1.39. The van der Waals surface area contributed by atoms with Crippen molar-refractivity contribution < 1.29 is 14.3 Å². The normalized spacial score (nSPS) is 14.5. The van der Waals surface area contributed by atoms with E-state index >= 15 is 0 Å². The first-order chi connectivity index (χ1) is 14.1. The SMILES string of the molecule is COc1ccc(CCNC(=O)CN2CCN(c3cccc(C)c3)CC2)cc1OC. The molecular formula is C23H31N3O3. The van der Waals surface area contributed by atoms with E-state index in [1.807, 2.05) is 18.2 Å². The monoisotopic (exact) mass is 397 g/mol. The molecule has 0 spiro atoms. The van der Waals surface area contributed by atoms with Crippen molar-refractivity contribution in [3.63, 3.8) is 0 Å². The van der Waals surface area contributed by atoms with E-state index in [-0.39, 0.29) is 5.91 Å². The highest BCUT2D eigenvalue weighted by atomic mass is 16.5. The highest BCUT2D eigenvalue weighted by Crippen LogP contribution is 2.27. The van der Waals surface area contributed by atoms with Gasteiger partial charge < -0.3 is 19.7 Å². The molecular weight excluding hydrogens is 366 g/mol. The summed E-state index contributed by atoms with van der Waals surface area (Å²) in [6.45, 7) is 6.87. The van der Waals surface area contributed by atoms with Crippen LogP contribution in [0.1, 0.15) is 11.1 Å². The van der Waals surface area contributed by atoms with Gasteiger partial charge in [-0.2, -0.15) is 0 Å². The zero-order valence-electron chi connectivity index (χ0n) is 17.6. The molecule has 1 heterocycles. The molecule has 29 heavy (non-hydrogen) atoms. The summed E-state index contributed by atoms with van der Waals surface area (Å²) in [6, 6.07) is 14.4. The number of hydrogen-bond acceptors (Lipinski definition) is 5. The molecule has 0 saturated carbocycles. The van der Waals surface area contributed by atoms with Crippen LogP contribution < -0.4 is 19.7 Å². The van der Waals surface area contributed by atoms with E-state index in [1.165, 1.54) is 11.3 Å². The number of ether oxygens (including phenoxy) is 2. The predicted molar refractivity (Wildman–Crippen MR) is 116 cm³/mol. The number of amides is 1. The first-order valence-corrected chi connectivity index (χ1v) is 10.1. The third-order valence-electron chi connectivity index (χ3n) is 5.29. The second-order valence-corrected chi connectivity index (χ2v) is 7.39. The lowest BCUT2D eigenvalue weighted by atomic mass is 10.1. The van der Waals surface area contributed by atoms with E-state index in [4.69, 9.17) is 9.47 Å². The maximum absolute atomic E-state index is 12.3. The van der Waals surface area contributed by atoms with Gasteiger partial charge in [-0.05, 0) is 48.7 Å². The van der Waals surface area contributed by atoms with E-state index in [0.717, 1.165) is 38.2 Å². The Morgan fingerprint density at radius 1 is 1.00 bits per heavy atom. The number of aryl methyl sites for hydroxylation is 1. The van der Waals surface area contributed by atoms with Crippen LogP contribution in [0, 0.1) is 6.92 Å². The van der Waals surface area contributed by atoms with Crippen LogP contribution in [0.3, 0.4) is 0 Å². The standard InChI is InChI=1S/C23H31N3O3/c1-18-5-4-6-20(15-18)26-13-11-25(12-14-26)17-23(27)24-10-9-19-7-8-21(28-2)22(16-19)29-3/h4-8,15-16H,9-14,17H2,1-3H3,(H,24,27). The molecule has 1 saturated heterocycles. The lowest BCUT2D eigenvalue weighted by Crippen LogP contribution is -2.49. The van der Waals surface area contributed by atoms with Gasteiger partial charge in [-0.15, -0.1) is 0 Å². The average molecular weight is 398 g/mol. The van der Waals surface area contributed by atoms with E-state index in [0.29, 0.717) is 24.6 Å². The molecule has 0 bridgehead atoms. The molecule has 2 aromatic carbocycles. The summed E-state index contributed by atoms with van der Waals surface area (Å²) in [4.78, 5) is 16.9. The molecule has 1 aliphatic rings. The van der Waals surface area contributed by atoms with Gasteiger partial charge in [0.1, 0.15) is 0 Å². The molecule has 1 amide bonds. The molecule has 1 N–H and O–H groups in total. The molecule has 6 nitrogen and oxygen atoms in total. The molecule has 1 aliphatic heterocycles. The van der Waals surface area contributed by atoms with Crippen LogP contribution in [-0.2, 0) is 11.2 Å². The molecule has 0 unspecified atom stereocenters. The molecule has 0 atom stereocenters. The number of nitrogens with zero attached hydrogens (tertiary/aromatic N) is 2. The lowest BCUT2D eigenvalue weighted by Gasteiger charge is -2.35. The van der Waals surface area contributed by atoms with E-state index < -0.39 is 0 Å². The number of benzene rings is 2. The topological polar surface area (TPSA) is 54.0 Å². The fraction of sp³-hybridized carbons (Fsp3) is 0.435. The fourth-order valence-electron chi connectivity index (χ4n) is 3.63. The van der Waals surface area contributed by atoms with Crippen LogP contribution in [0.2, 0.25) is 0 Å². The molecule has 0 aliphatic carbocycles. The minimum atomic E-state index is 0.0782. The number of carbonyl (C=O) groups excluding carboxylic acids is 1. The molecule has 2 aromatic rings. The second-order valence-electron chi connectivity index (χ2n) is 7.39. The van der Waals surface area contributed by atoms with Crippen LogP contribution in [0.25, 0.3) is 0 Å². The smallest absolute Gasteiger partial charge is 0.234 e. The fourth-order valence-corrected chi connectivity index (χ4v) is 3.63. The summed E-state index contributed by atoms with van der Waals surface area (Å²) in [5.41, 5.74) is 3.65. The minimum absolute atomic E-state index is 0.0782. The summed E-state index contributed by atoms with van der Waals surface area (Å²) in [5, 5.41) is 3.03. The van der Waals surface area contributed by atoms with Crippen LogP contribution >= 0.6 is 0 Å². The summed E-state index contributed by atoms with van der Waals surface area (Å²) in [5.74, 6) is 1.50. The number of carbonyl (C=O) groups is 1. The second kappa shape index (κ2) is 10.2. The van der Waals surface area contributed by atoms with Crippen molar-refractivity contribution >= 4 is 11.6 Å². The van der Waals surface area contributed by atoms with Crippen molar-refractivity contribution in [3.05, 3.63) is 53.6 Å². The van der Waals surface area contributed by atoms with Crippen LogP contribution in [0.4, 0.5) is 5.69 Å². The van der Waals surface area contributed by atoms with E-state index in [1.54, 1.807) is 14.2 Å². The Kier molecular flexibility index (Phi) is 7.36. The summed E-state index contributed by atoms with van der Waals surface area (Å²) in [7, 11) is 3.25. The van der Waals surface area contributed by atoms with Crippen LogP contribution in [0.5, 0.6) is 11.5 Å². The molecule has 1 fully saturated rings. The Labute approximate surface area is 173 Å². The molecule has 0 aromatic heterocycles. The zero-order valence-corrected chi connectivity index (χ0v) is 17.6.